The van der Waals surface area contributed by atoms with Crippen LogP contribution in [0.15, 0.2) is 60.7 Å². The Kier molecular flexibility index (Phi) is 7.65. The molecule has 2 aromatic carbocycles. The van der Waals surface area contributed by atoms with Crippen LogP contribution in [0.4, 0.5) is 4.79 Å². The van der Waals surface area contributed by atoms with Gasteiger partial charge in [0.15, 0.2) is 0 Å². The van der Waals surface area contributed by atoms with Crippen molar-refractivity contribution in [3.05, 3.63) is 71.8 Å². The minimum Gasteiger partial charge on any atom is -0.458 e. The molecule has 1 heterocycles. The molecule has 7 heteroatoms. The second-order valence-corrected chi connectivity index (χ2v) is 7.74. The average molecular weight is 424 g/mol. The summed E-state index contributed by atoms with van der Waals surface area (Å²) in [6.07, 6.45) is -0.292. The molecule has 2 aromatic rings. The zero-order chi connectivity index (χ0) is 22.2. The number of rotatable bonds is 7. The molecule has 164 valence electrons. The Morgan fingerprint density at radius 3 is 2.23 bits per heavy atom. The van der Waals surface area contributed by atoms with Gasteiger partial charge in [0.05, 0.1) is 0 Å². The van der Waals surface area contributed by atoms with Crippen molar-refractivity contribution in [1.29, 1.82) is 0 Å². The van der Waals surface area contributed by atoms with Crippen molar-refractivity contribution in [3.8, 4) is 0 Å². The summed E-state index contributed by atoms with van der Waals surface area (Å²) in [7, 11) is 3.31. The molecular weight excluding hydrogens is 396 g/mol. The second kappa shape index (κ2) is 10.6. The maximum atomic E-state index is 12.9. The second-order valence-electron chi connectivity index (χ2n) is 7.74. The van der Waals surface area contributed by atoms with Gasteiger partial charge >= 0.3 is 12.1 Å². The topological polar surface area (TPSA) is 76.2 Å². The molecule has 0 saturated carbocycles. The van der Waals surface area contributed by atoms with Crippen molar-refractivity contribution in [3.63, 3.8) is 0 Å². The Morgan fingerprint density at radius 2 is 1.61 bits per heavy atom. The average Bonchev–Trinajstić information content (AvgIpc) is 3.28. The summed E-state index contributed by atoms with van der Waals surface area (Å²) in [5.74, 6) is -0.767. The van der Waals surface area contributed by atoms with Gasteiger partial charge in [-0.15, -0.1) is 0 Å². The van der Waals surface area contributed by atoms with Crippen LogP contribution in [0.2, 0.25) is 0 Å². The van der Waals surface area contributed by atoms with E-state index in [1.54, 1.807) is 14.1 Å². The molecule has 0 unspecified atom stereocenters. The van der Waals surface area contributed by atoms with E-state index in [-0.39, 0.29) is 18.9 Å². The van der Waals surface area contributed by atoms with Crippen LogP contribution in [0.3, 0.4) is 0 Å². The Bertz CT molecular complexity index is 885. The first-order chi connectivity index (χ1) is 15.0. The normalized spacial score (nSPS) is 16.5. The molecule has 31 heavy (non-hydrogen) atoms. The van der Waals surface area contributed by atoms with Gasteiger partial charge in [0, 0.05) is 27.1 Å². The highest BCUT2D eigenvalue weighted by atomic mass is 16.6. The molecule has 3 rings (SSSR count). The minimum absolute atomic E-state index is 0.0912. The van der Waals surface area contributed by atoms with Gasteiger partial charge in [0.1, 0.15) is 12.6 Å². The molecular formula is C24H28N2O5. The first-order valence-corrected chi connectivity index (χ1v) is 10.4. The van der Waals surface area contributed by atoms with E-state index in [4.69, 9.17) is 9.47 Å². The van der Waals surface area contributed by atoms with E-state index in [0.717, 1.165) is 11.1 Å². The van der Waals surface area contributed by atoms with Crippen LogP contribution in [0.1, 0.15) is 24.0 Å². The molecule has 0 bridgehead atoms. The summed E-state index contributed by atoms with van der Waals surface area (Å²) in [6.45, 7) is 0.508. The molecule has 0 aliphatic carbocycles. The number of amides is 2. The van der Waals surface area contributed by atoms with E-state index in [9.17, 15) is 14.4 Å². The predicted octanol–water partition coefficient (Wildman–Crippen LogP) is 3.03. The fourth-order valence-electron chi connectivity index (χ4n) is 3.55. The van der Waals surface area contributed by atoms with Crippen LogP contribution in [0.5, 0.6) is 0 Å². The van der Waals surface area contributed by atoms with Crippen LogP contribution >= 0.6 is 0 Å². The van der Waals surface area contributed by atoms with Gasteiger partial charge in [-0.2, -0.15) is 0 Å². The molecule has 2 atom stereocenters. The molecule has 1 aliphatic rings. The summed E-state index contributed by atoms with van der Waals surface area (Å²) >= 11 is 0. The summed E-state index contributed by atoms with van der Waals surface area (Å²) < 4.78 is 11.0. The smallest absolute Gasteiger partial charge is 0.411 e. The van der Waals surface area contributed by atoms with Gasteiger partial charge in [-0.1, -0.05) is 60.7 Å². The summed E-state index contributed by atoms with van der Waals surface area (Å²) in [6, 6.07) is 18.1. The third-order valence-electron chi connectivity index (χ3n) is 5.21. The fourth-order valence-corrected chi connectivity index (χ4v) is 3.55. The molecule has 7 nitrogen and oxygen atoms in total. The maximum absolute atomic E-state index is 12.9. The van der Waals surface area contributed by atoms with Gasteiger partial charge in [0.2, 0.25) is 12.0 Å². The Hall–Kier alpha value is -3.35. The summed E-state index contributed by atoms with van der Waals surface area (Å²) in [5.41, 5.74) is 1.69. The number of hydrogen-bond donors (Lipinski definition) is 0. The number of ether oxygens (including phenoxy) is 2. The summed E-state index contributed by atoms with van der Waals surface area (Å²) in [5, 5.41) is 0. The zero-order valence-corrected chi connectivity index (χ0v) is 17.9. The van der Waals surface area contributed by atoms with Crippen molar-refractivity contribution in [2.45, 2.75) is 38.0 Å². The number of carbonyl (C=O) groups is 3. The van der Waals surface area contributed by atoms with Gasteiger partial charge in [-0.3, -0.25) is 9.69 Å². The third kappa shape index (κ3) is 6.07. The maximum Gasteiger partial charge on any atom is 0.411 e. The largest absolute Gasteiger partial charge is 0.458 e. The molecule has 1 fully saturated rings. The van der Waals surface area contributed by atoms with Crippen LogP contribution in [-0.4, -0.2) is 60.6 Å². The van der Waals surface area contributed by atoms with Crippen molar-refractivity contribution >= 4 is 18.0 Å². The Labute approximate surface area is 182 Å². The van der Waals surface area contributed by atoms with E-state index in [0.29, 0.717) is 19.4 Å². The first-order valence-electron chi connectivity index (χ1n) is 10.4. The van der Waals surface area contributed by atoms with Gasteiger partial charge in [-0.25, -0.2) is 9.59 Å². The van der Waals surface area contributed by atoms with Crippen molar-refractivity contribution in [2.24, 2.45) is 0 Å². The number of likely N-dealkylation sites (N-methyl/N-ethyl adjacent to an activating group) is 1. The number of carbonyl (C=O) groups excluding carboxylic acids is 3. The highest BCUT2D eigenvalue weighted by Gasteiger charge is 2.38. The number of benzene rings is 2. The van der Waals surface area contributed by atoms with E-state index >= 15 is 0 Å². The molecule has 1 saturated heterocycles. The highest BCUT2D eigenvalue weighted by molar-refractivity contribution is 5.87. The number of nitrogens with zero attached hydrogens (tertiary/aromatic N) is 2. The lowest BCUT2D eigenvalue weighted by Gasteiger charge is -2.27. The van der Waals surface area contributed by atoms with E-state index in [1.807, 2.05) is 60.7 Å². The van der Waals surface area contributed by atoms with Gasteiger partial charge < -0.3 is 14.4 Å². The summed E-state index contributed by atoms with van der Waals surface area (Å²) in [4.78, 5) is 41.0. The Balaban J connectivity index is 1.70. The minimum atomic E-state index is -1.10. The van der Waals surface area contributed by atoms with Crippen LogP contribution < -0.4 is 0 Å². The number of likely N-dealkylation sites (tertiary alicyclic amines) is 1. The molecule has 0 aromatic heterocycles. The van der Waals surface area contributed by atoms with Gasteiger partial charge in [-0.05, 0) is 24.0 Å². The Morgan fingerprint density at radius 1 is 1.00 bits per heavy atom. The number of hydrogen-bond acceptors (Lipinski definition) is 5. The molecule has 0 spiro atoms. The van der Waals surface area contributed by atoms with Crippen molar-refractivity contribution in [1.82, 2.24) is 9.80 Å². The van der Waals surface area contributed by atoms with E-state index in [2.05, 4.69) is 0 Å². The number of esters is 1. The lowest BCUT2D eigenvalue weighted by Crippen LogP contribution is -2.47. The van der Waals surface area contributed by atoms with Crippen LogP contribution in [0.25, 0.3) is 0 Å². The zero-order valence-electron chi connectivity index (χ0n) is 17.9. The van der Waals surface area contributed by atoms with E-state index in [1.165, 1.54) is 9.80 Å². The van der Waals surface area contributed by atoms with Crippen molar-refractivity contribution in [2.75, 3.05) is 20.6 Å². The molecule has 0 radical (unpaired) electrons. The quantitative estimate of drug-likeness (QED) is 0.639. The molecule has 1 aliphatic heterocycles. The third-order valence-corrected chi connectivity index (χ3v) is 5.21. The van der Waals surface area contributed by atoms with Crippen molar-refractivity contribution < 1.29 is 23.9 Å². The predicted molar refractivity (Wildman–Crippen MR) is 115 cm³/mol. The highest BCUT2D eigenvalue weighted by Crippen LogP contribution is 2.21. The standard InChI is InChI=1S/C24H28N2O5/c1-25(2)22(27)20-14-9-15-26(20)24(29)31-21(16-18-10-5-3-6-11-18)23(28)30-17-19-12-7-4-8-13-19/h3-8,10-13,20-21H,9,14-17H2,1-2H3/t20-,21+/m1/s1. The molecule has 2 amide bonds. The monoisotopic (exact) mass is 424 g/mol. The van der Waals surface area contributed by atoms with E-state index < -0.39 is 24.2 Å². The lowest BCUT2D eigenvalue weighted by atomic mass is 10.1. The fraction of sp³-hybridized carbons (Fsp3) is 0.375. The van der Waals surface area contributed by atoms with Crippen LogP contribution in [0, 0.1) is 0 Å². The SMILES string of the molecule is CN(C)C(=O)[C@H]1CCCN1C(=O)O[C@@H](Cc1ccccc1)C(=O)OCc1ccccc1. The van der Waals surface area contributed by atoms with Crippen LogP contribution in [-0.2, 0) is 32.1 Å². The van der Waals surface area contributed by atoms with Gasteiger partial charge in [0.25, 0.3) is 0 Å². The first kappa shape index (κ1) is 22.3. The lowest BCUT2D eigenvalue weighted by molar-refractivity contribution is -0.155. The molecule has 0 N–H and O–H groups in total.